The van der Waals surface area contributed by atoms with Crippen LogP contribution in [0.3, 0.4) is 0 Å². The van der Waals surface area contributed by atoms with Gasteiger partial charge in [-0.3, -0.25) is 9.78 Å². The zero-order valence-corrected chi connectivity index (χ0v) is 17.8. The molecule has 0 fully saturated rings. The Morgan fingerprint density at radius 2 is 1.86 bits per heavy atom. The van der Waals surface area contributed by atoms with Gasteiger partial charge >= 0.3 is 0 Å². The van der Waals surface area contributed by atoms with Crippen molar-refractivity contribution in [3.8, 4) is 0 Å². The van der Waals surface area contributed by atoms with Gasteiger partial charge in [0, 0.05) is 35.4 Å². The molecule has 8 heteroatoms. The fourth-order valence-electron chi connectivity index (χ4n) is 2.62. The SMILES string of the molecule is O.O=C(CCc1cccnc1)Cc1ccc(NS(=O)c2ccc(F)cc2Br)cc1. The topological polar surface area (TPSA) is 90.6 Å². The van der Waals surface area contributed by atoms with Crippen LogP contribution in [0.4, 0.5) is 10.1 Å². The molecule has 1 unspecified atom stereocenters. The summed E-state index contributed by atoms with van der Waals surface area (Å²) in [6.45, 7) is 0. The van der Waals surface area contributed by atoms with Gasteiger partial charge < -0.3 is 10.2 Å². The molecule has 0 aliphatic carbocycles. The number of ketones is 1. The lowest BCUT2D eigenvalue weighted by molar-refractivity contribution is -0.118. The number of halogens is 2. The second-order valence-electron chi connectivity index (χ2n) is 6.22. The Morgan fingerprint density at radius 1 is 1.10 bits per heavy atom. The monoisotopic (exact) mass is 478 g/mol. The van der Waals surface area contributed by atoms with Crippen LogP contribution < -0.4 is 4.72 Å². The van der Waals surface area contributed by atoms with Crippen molar-refractivity contribution in [2.75, 3.05) is 4.72 Å². The van der Waals surface area contributed by atoms with Crippen LogP contribution in [0.2, 0.25) is 0 Å². The third-order valence-corrected chi connectivity index (χ3v) is 6.17. The quantitative estimate of drug-likeness (QED) is 0.529. The van der Waals surface area contributed by atoms with Crippen LogP contribution in [0, 0.1) is 5.82 Å². The van der Waals surface area contributed by atoms with Gasteiger partial charge in [-0.05, 0) is 69.9 Å². The Kier molecular flexibility index (Phi) is 8.63. The van der Waals surface area contributed by atoms with E-state index in [1.54, 1.807) is 24.5 Å². The number of benzene rings is 2. The molecule has 3 aromatic rings. The van der Waals surface area contributed by atoms with Crippen LogP contribution in [0.25, 0.3) is 0 Å². The van der Waals surface area contributed by atoms with Gasteiger partial charge in [0.15, 0.2) is 11.0 Å². The van der Waals surface area contributed by atoms with Gasteiger partial charge in [0.1, 0.15) is 11.6 Å². The molecule has 0 amide bonds. The Balaban J connectivity index is 0.00000300. The summed E-state index contributed by atoms with van der Waals surface area (Å²) >= 11 is 3.22. The summed E-state index contributed by atoms with van der Waals surface area (Å²) in [5, 5.41) is 0. The van der Waals surface area contributed by atoms with Crippen molar-refractivity contribution in [1.29, 1.82) is 0 Å². The van der Waals surface area contributed by atoms with Gasteiger partial charge in [-0.1, -0.05) is 18.2 Å². The van der Waals surface area contributed by atoms with E-state index in [-0.39, 0.29) is 11.3 Å². The van der Waals surface area contributed by atoms with Crippen molar-refractivity contribution in [3.05, 3.63) is 88.4 Å². The highest BCUT2D eigenvalue weighted by Gasteiger charge is 2.10. The highest BCUT2D eigenvalue weighted by molar-refractivity contribution is 9.10. The standard InChI is InChI=1S/C21H18BrFN2O2S.H2O/c22-20-13-17(23)6-10-21(20)28(27)25-18-7-3-15(4-8-18)12-19(26)9-5-16-2-1-11-24-14-16;/h1-4,6-8,10-11,13-14,25H,5,9,12H2;1H2. The second kappa shape index (κ2) is 10.9. The average Bonchev–Trinajstić information content (AvgIpc) is 2.68. The summed E-state index contributed by atoms with van der Waals surface area (Å²) in [5.41, 5.74) is 2.60. The Bertz CT molecular complexity index is 985. The van der Waals surface area contributed by atoms with E-state index in [4.69, 9.17) is 0 Å². The molecule has 0 bridgehead atoms. The number of hydrogen-bond donors (Lipinski definition) is 1. The maximum Gasteiger partial charge on any atom is 0.151 e. The van der Waals surface area contributed by atoms with E-state index in [0.717, 1.165) is 11.1 Å². The molecule has 0 aliphatic heterocycles. The minimum atomic E-state index is -1.53. The molecule has 0 aliphatic rings. The number of nitrogens with zero attached hydrogens (tertiary/aromatic N) is 1. The highest BCUT2D eigenvalue weighted by atomic mass is 79.9. The summed E-state index contributed by atoms with van der Waals surface area (Å²) in [5.74, 6) is -0.242. The number of Topliss-reactive ketones (excluding diaryl/α,β-unsaturated/α-hetero) is 1. The summed E-state index contributed by atoms with van der Waals surface area (Å²) in [7, 11) is -1.53. The fraction of sp³-hybridized carbons (Fsp3) is 0.143. The van der Waals surface area contributed by atoms with E-state index in [0.29, 0.717) is 34.3 Å². The molecule has 0 radical (unpaired) electrons. The number of aryl methyl sites for hydroxylation is 1. The minimum absolute atomic E-state index is 0. The Labute approximate surface area is 179 Å². The van der Waals surface area contributed by atoms with Gasteiger partial charge in [-0.15, -0.1) is 0 Å². The predicted molar refractivity (Wildman–Crippen MR) is 115 cm³/mol. The molecule has 29 heavy (non-hydrogen) atoms. The summed E-state index contributed by atoms with van der Waals surface area (Å²) < 4.78 is 28.9. The van der Waals surface area contributed by atoms with E-state index < -0.39 is 16.8 Å². The molecule has 2 aromatic carbocycles. The maximum atomic E-state index is 13.2. The van der Waals surface area contributed by atoms with Gasteiger partial charge in [0.05, 0.1) is 4.90 Å². The molecule has 0 spiro atoms. The fourth-order valence-corrected chi connectivity index (χ4v) is 4.30. The molecular formula is C21H20BrFN2O3S. The molecule has 3 rings (SSSR count). The van der Waals surface area contributed by atoms with Crippen molar-refractivity contribution in [2.45, 2.75) is 24.2 Å². The van der Waals surface area contributed by atoms with Crippen molar-refractivity contribution in [2.24, 2.45) is 0 Å². The predicted octanol–water partition coefficient (Wildman–Crippen LogP) is 4.04. The number of nitrogens with one attached hydrogen (secondary N) is 1. The van der Waals surface area contributed by atoms with Crippen LogP contribution in [0.1, 0.15) is 17.5 Å². The van der Waals surface area contributed by atoms with E-state index in [1.807, 2.05) is 24.3 Å². The first-order valence-corrected chi connectivity index (χ1v) is 10.6. The van der Waals surface area contributed by atoms with E-state index in [9.17, 15) is 13.4 Å². The van der Waals surface area contributed by atoms with Gasteiger partial charge in [-0.2, -0.15) is 0 Å². The van der Waals surface area contributed by atoms with Crippen LogP contribution in [0.5, 0.6) is 0 Å². The Hall–Kier alpha value is -2.42. The highest BCUT2D eigenvalue weighted by Crippen LogP contribution is 2.23. The van der Waals surface area contributed by atoms with E-state index >= 15 is 0 Å². The zero-order valence-electron chi connectivity index (χ0n) is 15.4. The van der Waals surface area contributed by atoms with Gasteiger partial charge in [-0.25, -0.2) is 8.60 Å². The number of rotatable bonds is 8. The lowest BCUT2D eigenvalue weighted by atomic mass is 10.0. The molecule has 5 nitrogen and oxygen atoms in total. The van der Waals surface area contributed by atoms with Gasteiger partial charge in [0.25, 0.3) is 0 Å². The number of pyridine rings is 1. The van der Waals surface area contributed by atoms with Crippen LogP contribution in [-0.2, 0) is 28.6 Å². The molecule has 1 heterocycles. The average molecular weight is 479 g/mol. The van der Waals surface area contributed by atoms with Gasteiger partial charge in [0.2, 0.25) is 0 Å². The van der Waals surface area contributed by atoms with Crippen LogP contribution in [-0.4, -0.2) is 20.5 Å². The number of aromatic nitrogens is 1. The first kappa shape index (κ1) is 22.9. The van der Waals surface area contributed by atoms with Crippen molar-refractivity contribution < 1.29 is 18.9 Å². The number of anilines is 1. The number of carbonyl (C=O) groups is 1. The molecule has 0 saturated carbocycles. The lowest BCUT2D eigenvalue weighted by Crippen LogP contribution is -2.07. The molecule has 0 saturated heterocycles. The Morgan fingerprint density at radius 3 is 2.52 bits per heavy atom. The number of carbonyl (C=O) groups excluding carboxylic acids is 1. The molecule has 3 N–H and O–H groups in total. The third-order valence-electron chi connectivity index (χ3n) is 4.07. The van der Waals surface area contributed by atoms with Crippen molar-refractivity contribution in [3.63, 3.8) is 0 Å². The van der Waals surface area contributed by atoms with Crippen molar-refractivity contribution >= 4 is 38.4 Å². The van der Waals surface area contributed by atoms with E-state index in [2.05, 4.69) is 25.6 Å². The zero-order chi connectivity index (χ0) is 19.9. The van der Waals surface area contributed by atoms with Crippen LogP contribution in [0.15, 0.2) is 76.4 Å². The van der Waals surface area contributed by atoms with E-state index in [1.165, 1.54) is 18.2 Å². The normalized spacial score (nSPS) is 11.4. The number of hydrogen-bond acceptors (Lipinski definition) is 3. The summed E-state index contributed by atoms with van der Waals surface area (Å²) in [4.78, 5) is 16.7. The first-order chi connectivity index (χ1) is 13.5. The lowest BCUT2D eigenvalue weighted by Gasteiger charge is -2.09. The maximum absolute atomic E-state index is 13.2. The molecule has 152 valence electrons. The third kappa shape index (κ3) is 6.85. The largest absolute Gasteiger partial charge is 0.412 e. The van der Waals surface area contributed by atoms with Crippen molar-refractivity contribution in [1.82, 2.24) is 4.98 Å². The minimum Gasteiger partial charge on any atom is -0.412 e. The first-order valence-electron chi connectivity index (χ1n) is 8.64. The molecule has 1 aromatic heterocycles. The summed E-state index contributed by atoms with van der Waals surface area (Å²) in [6, 6.07) is 15.0. The second-order valence-corrected chi connectivity index (χ2v) is 8.25. The molecular weight excluding hydrogens is 459 g/mol. The van der Waals surface area contributed by atoms with Crippen LogP contribution >= 0.6 is 15.9 Å². The molecule has 1 atom stereocenters. The summed E-state index contributed by atoms with van der Waals surface area (Å²) in [6.07, 6.45) is 4.98. The smallest absolute Gasteiger partial charge is 0.151 e.